The lowest BCUT2D eigenvalue weighted by Gasteiger charge is -2.26. The number of thiazole rings is 1. The Balaban J connectivity index is 1.69. The van der Waals surface area contributed by atoms with Crippen molar-refractivity contribution in [1.82, 2.24) is 9.88 Å². The van der Waals surface area contributed by atoms with Crippen LogP contribution in [0.3, 0.4) is 0 Å². The molecule has 8 heteroatoms. The first kappa shape index (κ1) is 18.8. The molecule has 0 fully saturated rings. The van der Waals surface area contributed by atoms with Gasteiger partial charge in [-0.05, 0) is 44.5 Å². The quantitative estimate of drug-likeness (QED) is 0.798. The van der Waals surface area contributed by atoms with Crippen LogP contribution in [0.15, 0.2) is 24.4 Å². The number of hydrogen-bond acceptors (Lipinski definition) is 6. The minimum absolute atomic E-state index is 0.287. The average Bonchev–Trinajstić information content (AvgIpc) is 2.85. The zero-order valence-electron chi connectivity index (χ0n) is 15.1. The van der Waals surface area contributed by atoms with E-state index >= 15 is 0 Å². The summed E-state index contributed by atoms with van der Waals surface area (Å²) in [5, 5.41) is 6.75. The molecule has 2 heterocycles. The maximum Gasteiger partial charge on any atom is 0.410 e. The highest BCUT2D eigenvalue weighted by Gasteiger charge is 2.24. The van der Waals surface area contributed by atoms with E-state index in [1.807, 2.05) is 32.9 Å². The third-order valence-electron chi connectivity index (χ3n) is 3.81. The molecule has 6 nitrogen and oxygen atoms in total. The van der Waals surface area contributed by atoms with Crippen LogP contribution in [0.1, 0.15) is 31.2 Å². The van der Waals surface area contributed by atoms with Gasteiger partial charge in [-0.2, -0.15) is 0 Å². The molecule has 0 unspecified atom stereocenters. The van der Waals surface area contributed by atoms with Crippen LogP contribution in [0.25, 0.3) is 0 Å². The zero-order chi connectivity index (χ0) is 18.7. The zero-order valence-corrected chi connectivity index (χ0v) is 16.7. The second kappa shape index (κ2) is 7.72. The fourth-order valence-corrected chi connectivity index (χ4v) is 3.57. The summed E-state index contributed by atoms with van der Waals surface area (Å²) in [5.74, 6) is 0. The summed E-state index contributed by atoms with van der Waals surface area (Å²) in [7, 11) is 0. The summed E-state index contributed by atoms with van der Waals surface area (Å²) >= 11 is 7.33. The number of nitrogens with one attached hydrogen (secondary N) is 2. The SMILES string of the molecule is CC(C)(C)OC(=O)N1CCNc2ccc(NCc3cnc(Cl)s3)cc2C1. The second-order valence-electron chi connectivity index (χ2n) is 7.13. The molecule has 1 aliphatic heterocycles. The van der Waals surface area contributed by atoms with Gasteiger partial charge in [-0.15, -0.1) is 11.3 Å². The Bertz CT molecular complexity index is 788. The molecule has 0 saturated carbocycles. The van der Waals surface area contributed by atoms with E-state index in [2.05, 4.69) is 21.7 Å². The number of amides is 1. The van der Waals surface area contributed by atoms with E-state index in [-0.39, 0.29) is 6.09 Å². The summed E-state index contributed by atoms with van der Waals surface area (Å²) < 4.78 is 6.05. The number of carbonyl (C=O) groups excluding carboxylic acids is 1. The van der Waals surface area contributed by atoms with Crippen molar-refractivity contribution in [1.29, 1.82) is 0 Å². The van der Waals surface area contributed by atoms with E-state index in [9.17, 15) is 4.79 Å². The van der Waals surface area contributed by atoms with Crippen molar-refractivity contribution in [3.05, 3.63) is 39.3 Å². The van der Waals surface area contributed by atoms with Gasteiger partial charge in [-0.1, -0.05) is 11.6 Å². The van der Waals surface area contributed by atoms with Gasteiger partial charge in [0.05, 0.1) is 13.1 Å². The molecule has 26 heavy (non-hydrogen) atoms. The number of halogens is 1. The molecular formula is C18H23ClN4O2S. The highest BCUT2D eigenvalue weighted by Crippen LogP contribution is 2.26. The highest BCUT2D eigenvalue weighted by atomic mass is 35.5. The van der Waals surface area contributed by atoms with Crippen molar-refractivity contribution >= 4 is 40.4 Å². The van der Waals surface area contributed by atoms with Crippen molar-refractivity contribution in [2.45, 2.75) is 39.5 Å². The number of nitrogens with zero attached hydrogens (tertiary/aromatic N) is 2. The second-order valence-corrected chi connectivity index (χ2v) is 8.83. The average molecular weight is 395 g/mol. The van der Waals surface area contributed by atoms with Crippen molar-refractivity contribution in [2.75, 3.05) is 23.7 Å². The highest BCUT2D eigenvalue weighted by molar-refractivity contribution is 7.15. The molecule has 0 atom stereocenters. The first-order chi connectivity index (χ1) is 12.3. The van der Waals surface area contributed by atoms with Crippen molar-refractivity contribution < 1.29 is 9.53 Å². The van der Waals surface area contributed by atoms with Gasteiger partial charge in [0.1, 0.15) is 5.60 Å². The lowest BCUT2D eigenvalue weighted by atomic mass is 10.1. The van der Waals surface area contributed by atoms with Crippen LogP contribution in [0, 0.1) is 0 Å². The monoisotopic (exact) mass is 394 g/mol. The van der Waals surface area contributed by atoms with E-state index < -0.39 is 5.60 Å². The van der Waals surface area contributed by atoms with Crippen LogP contribution >= 0.6 is 22.9 Å². The minimum atomic E-state index is -0.501. The van der Waals surface area contributed by atoms with Crippen LogP contribution in [0.2, 0.25) is 4.47 Å². The molecule has 1 aromatic heterocycles. The van der Waals surface area contributed by atoms with Gasteiger partial charge in [-0.25, -0.2) is 9.78 Å². The summed E-state index contributed by atoms with van der Waals surface area (Å²) in [6.45, 7) is 8.10. The predicted molar refractivity (Wildman–Crippen MR) is 106 cm³/mol. The molecule has 1 amide bonds. The molecule has 0 aliphatic carbocycles. The molecule has 0 bridgehead atoms. The number of benzene rings is 1. The predicted octanol–water partition coefficient (Wildman–Crippen LogP) is 4.57. The lowest BCUT2D eigenvalue weighted by Crippen LogP contribution is -2.37. The van der Waals surface area contributed by atoms with E-state index in [4.69, 9.17) is 16.3 Å². The molecule has 2 N–H and O–H groups in total. The third kappa shape index (κ3) is 5.02. The van der Waals surface area contributed by atoms with Crippen molar-refractivity contribution in [3.8, 4) is 0 Å². The molecule has 0 radical (unpaired) electrons. The van der Waals surface area contributed by atoms with Crippen LogP contribution in [-0.4, -0.2) is 34.7 Å². The Hall–Kier alpha value is -1.99. The smallest absolute Gasteiger partial charge is 0.410 e. The van der Waals surface area contributed by atoms with Crippen LogP contribution < -0.4 is 10.6 Å². The Morgan fingerprint density at radius 2 is 2.27 bits per heavy atom. The fraction of sp³-hybridized carbons (Fsp3) is 0.444. The first-order valence-electron chi connectivity index (χ1n) is 8.49. The molecule has 1 aromatic carbocycles. The summed E-state index contributed by atoms with van der Waals surface area (Å²) in [5.41, 5.74) is 2.59. The summed E-state index contributed by atoms with van der Waals surface area (Å²) in [6, 6.07) is 6.13. The first-order valence-corrected chi connectivity index (χ1v) is 9.68. The van der Waals surface area contributed by atoms with E-state index in [1.165, 1.54) is 11.3 Å². The van der Waals surface area contributed by atoms with Crippen molar-refractivity contribution in [2.24, 2.45) is 0 Å². The minimum Gasteiger partial charge on any atom is -0.444 e. The number of aromatic nitrogens is 1. The van der Waals surface area contributed by atoms with Gasteiger partial charge in [0.25, 0.3) is 0 Å². The largest absolute Gasteiger partial charge is 0.444 e. The van der Waals surface area contributed by atoms with Gasteiger partial charge < -0.3 is 20.3 Å². The molecule has 1 aliphatic rings. The molecule has 0 spiro atoms. The Morgan fingerprint density at radius 3 is 2.96 bits per heavy atom. The van der Waals surface area contributed by atoms with Crippen LogP contribution in [0.5, 0.6) is 0 Å². The summed E-state index contributed by atoms with van der Waals surface area (Å²) in [6.07, 6.45) is 1.49. The topological polar surface area (TPSA) is 66.5 Å². The number of rotatable bonds is 3. The standard InChI is InChI=1S/C18H23ClN4O2S/c1-18(2,3)25-17(24)23-7-6-20-15-5-4-13(8-12(15)11-23)21-9-14-10-22-16(19)26-14/h4-5,8,10,20-21H,6-7,9,11H2,1-3H3. The van der Waals surface area contributed by atoms with Crippen LogP contribution in [0.4, 0.5) is 16.2 Å². The lowest BCUT2D eigenvalue weighted by molar-refractivity contribution is 0.0245. The molecule has 2 aromatic rings. The normalized spacial score (nSPS) is 14.2. The molecule has 3 rings (SSSR count). The summed E-state index contributed by atoms with van der Waals surface area (Å²) in [4.78, 5) is 19.3. The maximum atomic E-state index is 12.4. The number of fused-ring (bicyclic) bond motifs is 1. The van der Waals surface area contributed by atoms with Gasteiger partial charge >= 0.3 is 6.09 Å². The van der Waals surface area contributed by atoms with E-state index in [1.54, 1.807) is 11.1 Å². The third-order valence-corrected chi connectivity index (χ3v) is 4.92. The molecule has 140 valence electrons. The van der Waals surface area contributed by atoms with Gasteiger partial charge in [0.2, 0.25) is 0 Å². The van der Waals surface area contributed by atoms with Gasteiger partial charge in [0, 0.05) is 35.5 Å². The Labute approximate surface area is 162 Å². The Kier molecular flexibility index (Phi) is 5.58. The number of anilines is 2. The fourth-order valence-electron chi connectivity index (χ4n) is 2.65. The number of ether oxygens (including phenoxy) is 1. The molecule has 0 saturated heterocycles. The number of carbonyl (C=O) groups is 1. The Morgan fingerprint density at radius 1 is 1.46 bits per heavy atom. The number of hydrogen-bond donors (Lipinski definition) is 2. The van der Waals surface area contributed by atoms with Gasteiger partial charge in [-0.3, -0.25) is 0 Å². The van der Waals surface area contributed by atoms with Gasteiger partial charge in [0.15, 0.2) is 4.47 Å². The molecular weight excluding hydrogens is 372 g/mol. The maximum absolute atomic E-state index is 12.4. The van der Waals surface area contributed by atoms with E-state index in [0.717, 1.165) is 21.8 Å². The van der Waals surface area contributed by atoms with Crippen LogP contribution in [-0.2, 0) is 17.8 Å². The van der Waals surface area contributed by atoms with E-state index in [0.29, 0.717) is 30.6 Å². The van der Waals surface area contributed by atoms with Crippen molar-refractivity contribution in [3.63, 3.8) is 0 Å².